The van der Waals surface area contributed by atoms with Crippen molar-refractivity contribution in [1.29, 1.82) is 0 Å². The van der Waals surface area contributed by atoms with Crippen molar-refractivity contribution in [3.05, 3.63) is 47.5 Å². The van der Waals surface area contributed by atoms with Gasteiger partial charge in [0, 0.05) is 18.4 Å². The summed E-state index contributed by atoms with van der Waals surface area (Å²) in [6.45, 7) is 0.536. The van der Waals surface area contributed by atoms with Crippen molar-refractivity contribution in [2.45, 2.75) is 25.8 Å². The van der Waals surface area contributed by atoms with Gasteiger partial charge in [-0.05, 0) is 6.42 Å². The number of hydrogen-bond acceptors (Lipinski definition) is 3. The van der Waals surface area contributed by atoms with Gasteiger partial charge >= 0.3 is 11.9 Å². The Morgan fingerprint density at radius 1 is 1.25 bits per heavy atom. The van der Waals surface area contributed by atoms with Gasteiger partial charge in [0.2, 0.25) is 0 Å². The second-order valence-corrected chi connectivity index (χ2v) is 5.01. The summed E-state index contributed by atoms with van der Waals surface area (Å²) in [6.07, 6.45) is 2.39. The predicted octanol–water partition coefficient (Wildman–Crippen LogP) is 2.11. The summed E-state index contributed by atoms with van der Waals surface area (Å²) in [7, 11) is 0. The normalized spacial score (nSPS) is 22.4. The van der Waals surface area contributed by atoms with E-state index >= 15 is 0 Å². The summed E-state index contributed by atoms with van der Waals surface area (Å²) in [4.78, 5) is 22.9. The fourth-order valence-corrected chi connectivity index (χ4v) is 2.40. The van der Waals surface area contributed by atoms with Crippen LogP contribution >= 0.6 is 0 Å². The fraction of sp³-hybridized carbons (Fsp3) is 0.333. The monoisotopic (exact) mass is 276 g/mol. The molecule has 0 bridgehead atoms. The van der Waals surface area contributed by atoms with Crippen LogP contribution in [0.25, 0.3) is 0 Å². The Morgan fingerprint density at radius 3 is 2.60 bits per heavy atom. The fourth-order valence-electron chi connectivity index (χ4n) is 2.40. The van der Waals surface area contributed by atoms with E-state index in [1.807, 2.05) is 30.3 Å². The lowest BCUT2D eigenvalue weighted by atomic mass is 10.0. The maximum Gasteiger partial charge on any atom is 0.373 e. The van der Waals surface area contributed by atoms with E-state index in [-0.39, 0.29) is 25.3 Å². The van der Waals surface area contributed by atoms with Gasteiger partial charge in [-0.3, -0.25) is 4.79 Å². The first-order chi connectivity index (χ1) is 9.51. The third kappa shape index (κ3) is 3.31. The minimum absolute atomic E-state index is 0.0943. The molecular weight excluding hydrogens is 258 g/mol. The van der Waals surface area contributed by atoms with E-state index in [2.05, 4.69) is 0 Å². The number of carbonyl (C=O) groups is 2. The Kier molecular flexibility index (Phi) is 4.32. The van der Waals surface area contributed by atoms with Crippen LogP contribution in [0.2, 0.25) is 0 Å². The largest absolute Gasteiger partial charge is 0.481 e. The minimum atomic E-state index is -0.941. The number of quaternary nitrogens is 1. The molecule has 1 aliphatic heterocycles. The predicted molar refractivity (Wildman–Crippen MR) is 71.6 cm³/mol. The number of aliphatic carboxylic acids is 1. The molecule has 1 amide bonds. The molecule has 2 rings (SSSR count). The summed E-state index contributed by atoms with van der Waals surface area (Å²) in [6, 6.07) is 9.31. The van der Waals surface area contributed by atoms with E-state index < -0.39 is 10.6 Å². The topological polar surface area (TPSA) is 74.6 Å². The molecule has 1 aromatic rings. The first kappa shape index (κ1) is 14.4. The standard InChI is InChI=1S/C15H17NO4/c17-14(18)9-8-13-7-4-10-16(20,15(13)19)11-12-5-2-1-3-6-12/h1-3,5-7,20H,4,8-11H2/p+1. The van der Waals surface area contributed by atoms with E-state index in [4.69, 9.17) is 5.11 Å². The lowest BCUT2D eigenvalue weighted by Gasteiger charge is -2.30. The molecule has 0 aromatic heterocycles. The number of hydrogen-bond donors (Lipinski definition) is 2. The van der Waals surface area contributed by atoms with Crippen molar-refractivity contribution in [1.82, 2.24) is 0 Å². The molecule has 0 aliphatic carbocycles. The van der Waals surface area contributed by atoms with Gasteiger partial charge in [0.05, 0.1) is 5.57 Å². The highest BCUT2D eigenvalue weighted by Gasteiger charge is 2.40. The van der Waals surface area contributed by atoms with Crippen LogP contribution in [-0.4, -0.2) is 33.4 Å². The van der Waals surface area contributed by atoms with Crippen molar-refractivity contribution < 1.29 is 24.5 Å². The highest BCUT2D eigenvalue weighted by atomic mass is 16.6. The summed E-state index contributed by atoms with van der Waals surface area (Å²) in [5, 5.41) is 19.2. The smallest absolute Gasteiger partial charge is 0.373 e. The summed E-state index contributed by atoms with van der Waals surface area (Å²) < 4.78 is -0.671. The van der Waals surface area contributed by atoms with Gasteiger partial charge < -0.3 is 5.11 Å². The van der Waals surface area contributed by atoms with Crippen LogP contribution < -0.4 is 0 Å². The Balaban J connectivity index is 2.10. The second-order valence-electron chi connectivity index (χ2n) is 5.01. The van der Waals surface area contributed by atoms with Crippen LogP contribution in [0.3, 0.4) is 0 Å². The number of amides is 1. The van der Waals surface area contributed by atoms with Crippen LogP contribution in [-0.2, 0) is 16.1 Å². The molecule has 0 radical (unpaired) electrons. The zero-order valence-electron chi connectivity index (χ0n) is 11.2. The van der Waals surface area contributed by atoms with Gasteiger partial charge in [-0.15, -0.1) is 4.65 Å². The lowest BCUT2D eigenvalue weighted by molar-refractivity contribution is -1.05. The Hall–Kier alpha value is -1.98. The molecule has 5 nitrogen and oxygen atoms in total. The minimum Gasteiger partial charge on any atom is -0.481 e. The number of rotatable bonds is 5. The molecule has 0 fully saturated rings. The zero-order valence-corrected chi connectivity index (χ0v) is 11.2. The second kappa shape index (κ2) is 5.98. The van der Waals surface area contributed by atoms with E-state index in [0.717, 1.165) is 5.56 Å². The molecule has 106 valence electrons. The first-order valence-corrected chi connectivity index (χ1v) is 6.61. The molecular formula is C15H18NO4+. The van der Waals surface area contributed by atoms with E-state index in [1.54, 1.807) is 6.08 Å². The van der Waals surface area contributed by atoms with E-state index in [0.29, 0.717) is 18.5 Å². The highest BCUT2D eigenvalue weighted by molar-refractivity contribution is 5.88. The van der Waals surface area contributed by atoms with Crippen LogP contribution in [0.4, 0.5) is 0 Å². The number of carboxylic acid groups (broad SMARTS) is 1. The summed E-state index contributed by atoms with van der Waals surface area (Å²) in [5.41, 5.74) is 1.29. The van der Waals surface area contributed by atoms with Gasteiger partial charge in [-0.2, -0.15) is 0 Å². The maximum atomic E-state index is 12.3. The molecule has 0 spiro atoms. The molecule has 1 aromatic carbocycles. The van der Waals surface area contributed by atoms with Crippen molar-refractivity contribution >= 4 is 11.9 Å². The van der Waals surface area contributed by atoms with Gasteiger partial charge in [0.25, 0.3) is 0 Å². The van der Waals surface area contributed by atoms with Crippen LogP contribution in [0, 0.1) is 0 Å². The van der Waals surface area contributed by atoms with Gasteiger partial charge in [-0.1, -0.05) is 36.4 Å². The van der Waals surface area contributed by atoms with Crippen LogP contribution in [0.1, 0.15) is 24.8 Å². The average molecular weight is 276 g/mol. The molecule has 0 saturated carbocycles. The maximum absolute atomic E-state index is 12.3. The molecule has 1 heterocycles. The number of nitrogens with zero attached hydrogens (tertiary/aromatic N) is 1. The molecule has 2 N–H and O–H groups in total. The molecule has 1 atom stereocenters. The lowest BCUT2D eigenvalue weighted by Crippen LogP contribution is -2.52. The Bertz CT molecular complexity index is 538. The molecule has 20 heavy (non-hydrogen) atoms. The SMILES string of the molecule is O=C(O)CCC1=CCC[N+](O)(Cc2ccccc2)C1=O. The quantitative estimate of drug-likeness (QED) is 0.638. The van der Waals surface area contributed by atoms with Gasteiger partial charge in [0.15, 0.2) is 0 Å². The number of hydroxylamine groups is 3. The Morgan fingerprint density at radius 2 is 1.95 bits per heavy atom. The molecule has 0 saturated heterocycles. The van der Waals surface area contributed by atoms with Gasteiger partial charge in [0.1, 0.15) is 13.1 Å². The van der Waals surface area contributed by atoms with E-state index in [1.165, 1.54) is 0 Å². The number of carboxylic acids is 1. The van der Waals surface area contributed by atoms with E-state index in [9.17, 15) is 14.8 Å². The molecule has 1 unspecified atom stereocenters. The van der Waals surface area contributed by atoms with Gasteiger partial charge in [-0.25, -0.2) is 10.0 Å². The van der Waals surface area contributed by atoms with Crippen molar-refractivity contribution in [3.63, 3.8) is 0 Å². The Labute approximate surface area is 117 Å². The average Bonchev–Trinajstić information content (AvgIpc) is 2.41. The summed E-state index contributed by atoms with van der Waals surface area (Å²) >= 11 is 0. The van der Waals surface area contributed by atoms with Crippen molar-refractivity contribution in [2.24, 2.45) is 0 Å². The zero-order chi connectivity index (χ0) is 14.6. The molecule has 1 aliphatic rings. The third-order valence-electron chi connectivity index (χ3n) is 3.44. The van der Waals surface area contributed by atoms with Crippen LogP contribution in [0.5, 0.6) is 0 Å². The summed E-state index contributed by atoms with van der Waals surface area (Å²) in [5.74, 6) is -1.33. The molecule has 5 heteroatoms. The third-order valence-corrected chi connectivity index (χ3v) is 3.44. The number of benzene rings is 1. The first-order valence-electron chi connectivity index (χ1n) is 6.61. The van der Waals surface area contributed by atoms with Crippen molar-refractivity contribution in [2.75, 3.05) is 6.54 Å². The number of carbonyl (C=O) groups excluding carboxylic acids is 1. The highest BCUT2D eigenvalue weighted by Crippen LogP contribution is 2.24. The van der Waals surface area contributed by atoms with Crippen LogP contribution in [0.15, 0.2) is 42.0 Å². The van der Waals surface area contributed by atoms with Crippen molar-refractivity contribution in [3.8, 4) is 0 Å².